The van der Waals surface area contributed by atoms with Crippen LogP contribution in [0.1, 0.15) is 35.6 Å². The Balaban J connectivity index is 1.50. The third-order valence-corrected chi connectivity index (χ3v) is 12.2. The second kappa shape index (κ2) is 10.2. The highest BCUT2D eigenvalue weighted by molar-refractivity contribution is 7.90. The molecule has 0 spiro atoms. The van der Waals surface area contributed by atoms with Gasteiger partial charge in [-0.2, -0.15) is 0 Å². The van der Waals surface area contributed by atoms with Crippen LogP contribution < -0.4 is 0 Å². The maximum atomic E-state index is 14.1. The molecule has 0 aliphatic carbocycles. The largest absolute Gasteiger partial charge is 0.377 e. The number of hydrogen-bond acceptors (Lipinski definition) is 5. The molecule has 1 aliphatic rings. The molecule has 0 amide bonds. The number of ether oxygens (including phenoxy) is 1. The molecule has 9 heteroatoms. The van der Waals surface area contributed by atoms with Crippen molar-refractivity contribution in [3.05, 3.63) is 132 Å². The zero-order valence-corrected chi connectivity index (χ0v) is 26.3. The van der Waals surface area contributed by atoms with E-state index in [1.165, 1.54) is 7.94 Å². The van der Waals surface area contributed by atoms with Crippen LogP contribution in [-0.4, -0.2) is 37.5 Å². The van der Waals surface area contributed by atoms with Crippen molar-refractivity contribution in [1.29, 1.82) is 0 Å². The van der Waals surface area contributed by atoms with Crippen molar-refractivity contribution in [2.24, 2.45) is 0 Å². The van der Waals surface area contributed by atoms with Gasteiger partial charge in [-0.3, -0.25) is 0 Å². The SMILES string of the molecule is Cc1ccc(S(=O)(=O)n2cc(C3(c4cn(S(=O)(=O)c5ccc(C)cc5)c5ccccc45)CO[C@@H](C)C3)c3ccccc32)cc1. The van der Waals surface area contributed by atoms with Crippen LogP contribution >= 0.6 is 0 Å². The first-order valence-electron chi connectivity index (χ1n) is 14.5. The molecule has 0 N–H and O–H groups in total. The first-order chi connectivity index (χ1) is 21.0. The molecule has 7 nitrogen and oxygen atoms in total. The molecule has 4 aromatic carbocycles. The average Bonchev–Trinajstić information content (AvgIpc) is 3.72. The van der Waals surface area contributed by atoms with Crippen molar-refractivity contribution < 1.29 is 21.6 Å². The Morgan fingerprint density at radius 1 is 0.636 bits per heavy atom. The van der Waals surface area contributed by atoms with E-state index in [0.717, 1.165) is 33.0 Å². The zero-order chi connectivity index (χ0) is 30.9. The zero-order valence-electron chi connectivity index (χ0n) is 24.6. The van der Waals surface area contributed by atoms with Crippen molar-refractivity contribution in [2.45, 2.75) is 48.5 Å². The fraction of sp³-hybridized carbons (Fsp3) is 0.200. The molecule has 44 heavy (non-hydrogen) atoms. The molecule has 1 aliphatic heterocycles. The number of para-hydroxylation sites is 2. The Kier molecular flexibility index (Phi) is 6.62. The lowest BCUT2D eigenvalue weighted by atomic mass is 9.73. The van der Waals surface area contributed by atoms with Crippen molar-refractivity contribution in [3.8, 4) is 0 Å². The summed E-state index contributed by atoms with van der Waals surface area (Å²) >= 11 is 0. The Morgan fingerprint density at radius 3 is 1.43 bits per heavy atom. The highest BCUT2D eigenvalue weighted by atomic mass is 32.2. The van der Waals surface area contributed by atoms with Crippen molar-refractivity contribution in [3.63, 3.8) is 0 Å². The Labute approximate surface area is 257 Å². The van der Waals surface area contributed by atoms with Gasteiger partial charge in [0.1, 0.15) is 0 Å². The molecule has 0 saturated carbocycles. The minimum atomic E-state index is -3.94. The Morgan fingerprint density at radius 2 is 1.05 bits per heavy atom. The fourth-order valence-electron chi connectivity index (χ4n) is 6.52. The minimum absolute atomic E-state index is 0.137. The van der Waals surface area contributed by atoms with E-state index in [9.17, 15) is 16.8 Å². The van der Waals surface area contributed by atoms with E-state index in [1.54, 1.807) is 60.9 Å². The van der Waals surface area contributed by atoms with E-state index in [4.69, 9.17) is 4.74 Å². The van der Waals surface area contributed by atoms with Gasteiger partial charge in [0.2, 0.25) is 0 Å². The molecule has 0 unspecified atom stereocenters. The van der Waals surface area contributed by atoms with Crippen LogP contribution in [0.5, 0.6) is 0 Å². The van der Waals surface area contributed by atoms with Crippen molar-refractivity contribution >= 4 is 41.9 Å². The van der Waals surface area contributed by atoms with E-state index >= 15 is 0 Å². The highest BCUT2D eigenvalue weighted by Crippen LogP contribution is 2.49. The molecule has 7 rings (SSSR count). The van der Waals surface area contributed by atoms with E-state index in [1.807, 2.05) is 69.3 Å². The summed E-state index contributed by atoms with van der Waals surface area (Å²) in [5.74, 6) is 0. The molecule has 0 radical (unpaired) electrons. The second-order valence-electron chi connectivity index (χ2n) is 11.8. The molecule has 1 fully saturated rings. The fourth-order valence-corrected chi connectivity index (χ4v) is 9.26. The summed E-state index contributed by atoms with van der Waals surface area (Å²) in [4.78, 5) is 0.391. The van der Waals surface area contributed by atoms with E-state index < -0.39 is 25.5 Å². The summed E-state index contributed by atoms with van der Waals surface area (Å²) in [7, 11) is -7.88. The number of nitrogens with zero attached hydrogens (tertiary/aromatic N) is 2. The summed E-state index contributed by atoms with van der Waals surface area (Å²) in [5, 5.41) is 1.55. The molecule has 0 bridgehead atoms. The first kappa shape index (κ1) is 28.6. The molecule has 6 aromatic rings. The maximum absolute atomic E-state index is 14.1. The third-order valence-electron chi connectivity index (χ3n) is 8.79. The van der Waals surface area contributed by atoms with Crippen LogP contribution in [0.15, 0.2) is 119 Å². The van der Waals surface area contributed by atoms with Gasteiger partial charge in [0.25, 0.3) is 20.0 Å². The summed E-state index contributed by atoms with van der Waals surface area (Å²) < 4.78 is 65.2. The van der Waals surface area contributed by atoms with E-state index in [0.29, 0.717) is 17.5 Å². The minimum Gasteiger partial charge on any atom is -0.377 e. The summed E-state index contributed by atoms with van der Waals surface area (Å²) in [5.41, 5.74) is 3.79. The molecule has 3 heterocycles. The smallest absolute Gasteiger partial charge is 0.268 e. The number of hydrogen-bond donors (Lipinski definition) is 0. The lowest BCUT2D eigenvalue weighted by molar-refractivity contribution is 0.119. The topological polar surface area (TPSA) is 87.4 Å². The summed E-state index contributed by atoms with van der Waals surface area (Å²) in [6.45, 7) is 6.09. The van der Waals surface area contributed by atoms with Crippen LogP contribution in [0, 0.1) is 13.8 Å². The molecule has 224 valence electrons. The van der Waals surface area contributed by atoms with Crippen LogP contribution in [0.25, 0.3) is 21.8 Å². The average molecular weight is 625 g/mol. The molecule has 2 aromatic heterocycles. The van der Waals surface area contributed by atoms with Gasteiger partial charge >= 0.3 is 0 Å². The standard InChI is InChI=1S/C35H32N2O5S2/c1-24-12-16-27(17-13-24)43(38,39)36-21-31(29-8-4-6-10-33(29)36)35(20-26(3)42-23-35)32-22-37(34-11-7-5-9-30(32)34)44(40,41)28-18-14-25(2)15-19-28/h4-19,21-22,26H,20,23H2,1-3H3/t26-/m0/s1. The predicted molar refractivity (Wildman–Crippen MR) is 172 cm³/mol. The number of aryl methyl sites for hydroxylation is 2. The third kappa shape index (κ3) is 4.33. The van der Waals surface area contributed by atoms with Gasteiger partial charge in [-0.1, -0.05) is 71.8 Å². The lowest BCUT2D eigenvalue weighted by Crippen LogP contribution is -2.28. The van der Waals surface area contributed by atoms with Crippen LogP contribution in [0.3, 0.4) is 0 Å². The van der Waals surface area contributed by atoms with Gasteiger partial charge in [-0.05, 0) is 74.7 Å². The first-order valence-corrected chi connectivity index (χ1v) is 17.4. The second-order valence-corrected chi connectivity index (χ2v) is 15.4. The summed E-state index contributed by atoms with van der Waals surface area (Å²) in [6.07, 6.45) is 3.83. The predicted octanol–water partition coefficient (Wildman–Crippen LogP) is 6.78. The van der Waals surface area contributed by atoms with Gasteiger partial charge in [0.15, 0.2) is 0 Å². The number of aromatic nitrogens is 2. The van der Waals surface area contributed by atoms with E-state index in [2.05, 4.69) is 0 Å². The van der Waals surface area contributed by atoms with E-state index in [-0.39, 0.29) is 22.5 Å². The number of fused-ring (bicyclic) bond motifs is 2. The Bertz CT molecular complexity index is 2110. The van der Waals surface area contributed by atoms with Gasteiger partial charge in [-0.25, -0.2) is 24.8 Å². The van der Waals surface area contributed by atoms with Gasteiger partial charge < -0.3 is 4.74 Å². The van der Waals surface area contributed by atoms with Crippen molar-refractivity contribution in [1.82, 2.24) is 7.94 Å². The van der Waals surface area contributed by atoms with Gasteiger partial charge in [0.05, 0.1) is 39.0 Å². The molecule has 1 saturated heterocycles. The highest BCUT2D eigenvalue weighted by Gasteiger charge is 2.46. The Hall–Kier alpha value is -4.18. The number of benzene rings is 4. The summed E-state index contributed by atoms with van der Waals surface area (Å²) in [6, 6.07) is 28.6. The quantitative estimate of drug-likeness (QED) is 0.204. The monoisotopic (exact) mass is 624 g/mol. The van der Waals surface area contributed by atoms with Crippen LogP contribution in [0.2, 0.25) is 0 Å². The normalized spacial score (nSPS) is 17.0. The van der Waals surface area contributed by atoms with Crippen molar-refractivity contribution in [2.75, 3.05) is 6.61 Å². The van der Waals surface area contributed by atoms with Gasteiger partial charge in [-0.15, -0.1) is 0 Å². The van der Waals surface area contributed by atoms with Crippen LogP contribution in [-0.2, 0) is 30.2 Å². The lowest BCUT2D eigenvalue weighted by Gasteiger charge is -2.27. The van der Waals surface area contributed by atoms with Gasteiger partial charge in [0, 0.05) is 23.2 Å². The maximum Gasteiger partial charge on any atom is 0.268 e. The molecular formula is C35H32N2O5S2. The molecular weight excluding hydrogens is 593 g/mol. The van der Waals surface area contributed by atoms with Crippen LogP contribution in [0.4, 0.5) is 0 Å². The molecule has 1 atom stereocenters. The number of rotatable bonds is 6.